The first-order valence-corrected chi connectivity index (χ1v) is 12.2. The molecule has 0 saturated heterocycles. The average molecular weight is 444 g/mol. The van der Waals surface area contributed by atoms with E-state index in [1.807, 2.05) is 20.8 Å². The van der Waals surface area contributed by atoms with Crippen molar-refractivity contribution in [2.24, 2.45) is 0 Å². The molecule has 1 heterocycles. The average Bonchev–Trinajstić information content (AvgIpc) is 3.20. The first-order valence-electron chi connectivity index (χ1n) is 12.2. The van der Waals surface area contributed by atoms with Crippen LogP contribution in [0.3, 0.4) is 0 Å². The molecule has 0 radical (unpaired) electrons. The first-order chi connectivity index (χ1) is 15.4. The van der Waals surface area contributed by atoms with Gasteiger partial charge in [0, 0.05) is 19.4 Å². The molecule has 6 heteroatoms. The topological polar surface area (TPSA) is 77.2 Å². The molecule has 1 aromatic carbocycles. The molecular formula is C26H41N3O3. The number of hydrogen-bond donors (Lipinski definition) is 1. The number of amides is 1. The molecular weight excluding hydrogens is 402 g/mol. The zero-order valence-corrected chi connectivity index (χ0v) is 20.4. The van der Waals surface area contributed by atoms with E-state index < -0.39 is 11.7 Å². The predicted molar refractivity (Wildman–Crippen MR) is 128 cm³/mol. The van der Waals surface area contributed by atoms with Crippen molar-refractivity contribution in [1.82, 2.24) is 15.5 Å². The standard InChI is InChI=1S/C26H41N3O3/c1-5-6-7-8-9-10-12-21-14-16-22(17-15-21)18-19-23-28-24(32-29-23)13-11-20-27-25(30)31-26(2,3)4/h14-17H,5-13,18-20H2,1-4H3,(H,27,30). The van der Waals surface area contributed by atoms with Crippen LogP contribution in [0.15, 0.2) is 28.8 Å². The van der Waals surface area contributed by atoms with E-state index >= 15 is 0 Å². The fourth-order valence-corrected chi connectivity index (χ4v) is 3.48. The van der Waals surface area contributed by atoms with Crippen LogP contribution in [-0.2, 0) is 30.4 Å². The Bertz CT molecular complexity index is 778. The van der Waals surface area contributed by atoms with Gasteiger partial charge in [0.2, 0.25) is 5.89 Å². The van der Waals surface area contributed by atoms with Gasteiger partial charge >= 0.3 is 6.09 Å². The second-order valence-corrected chi connectivity index (χ2v) is 9.47. The number of alkyl carbamates (subject to hydrolysis) is 1. The normalized spacial score (nSPS) is 11.5. The Morgan fingerprint density at radius 1 is 0.906 bits per heavy atom. The summed E-state index contributed by atoms with van der Waals surface area (Å²) in [6, 6.07) is 8.94. The van der Waals surface area contributed by atoms with Gasteiger partial charge in [0.05, 0.1) is 0 Å². The summed E-state index contributed by atoms with van der Waals surface area (Å²) in [6.07, 6.45) is 11.8. The number of carbonyl (C=O) groups excluding carboxylic acids is 1. The number of benzene rings is 1. The lowest BCUT2D eigenvalue weighted by Gasteiger charge is -2.19. The van der Waals surface area contributed by atoms with Crippen LogP contribution >= 0.6 is 0 Å². The maximum absolute atomic E-state index is 11.6. The molecule has 0 unspecified atom stereocenters. The summed E-state index contributed by atoms with van der Waals surface area (Å²) in [4.78, 5) is 16.1. The molecule has 0 saturated carbocycles. The highest BCUT2D eigenvalue weighted by Crippen LogP contribution is 2.13. The minimum atomic E-state index is -0.486. The van der Waals surface area contributed by atoms with Crippen LogP contribution in [0.25, 0.3) is 0 Å². The zero-order chi connectivity index (χ0) is 23.2. The van der Waals surface area contributed by atoms with Crippen LogP contribution in [0.1, 0.15) is 95.5 Å². The Morgan fingerprint density at radius 2 is 1.56 bits per heavy atom. The second-order valence-electron chi connectivity index (χ2n) is 9.47. The van der Waals surface area contributed by atoms with Gasteiger partial charge in [-0.05, 0) is 57.6 Å². The zero-order valence-electron chi connectivity index (χ0n) is 20.4. The SMILES string of the molecule is CCCCCCCCc1ccc(CCc2noc(CCCNC(=O)OC(C)(C)C)n2)cc1. The second kappa shape index (κ2) is 13.9. The van der Waals surface area contributed by atoms with E-state index in [9.17, 15) is 4.79 Å². The lowest BCUT2D eigenvalue weighted by atomic mass is 10.0. The Hall–Kier alpha value is -2.37. The largest absolute Gasteiger partial charge is 0.444 e. The van der Waals surface area contributed by atoms with E-state index in [2.05, 4.69) is 46.6 Å². The molecule has 1 aromatic heterocycles. The number of hydrogen-bond acceptors (Lipinski definition) is 5. The van der Waals surface area contributed by atoms with Gasteiger partial charge in [-0.3, -0.25) is 0 Å². The molecule has 0 spiro atoms. The van der Waals surface area contributed by atoms with E-state index in [-0.39, 0.29) is 0 Å². The van der Waals surface area contributed by atoms with Gasteiger partial charge in [-0.25, -0.2) is 4.79 Å². The van der Waals surface area contributed by atoms with E-state index in [4.69, 9.17) is 9.26 Å². The van der Waals surface area contributed by atoms with Crippen LogP contribution in [0.4, 0.5) is 4.79 Å². The predicted octanol–water partition coefficient (Wildman–Crippen LogP) is 6.22. The summed E-state index contributed by atoms with van der Waals surface area (Å²) >= 11 is 0. The molecule has 0 atom stereocenters. The Morgan fingerprint density at radius 3 is 2.25 bits per heavy atom. The molecule has 2 aromatic rings. The van der Waals surface area contributed by atoms with Crippen molar-refractivity contribution < 1.29 is 14.1 Å². The highest BCUT2D eigenvalue weighted by molar-refractivity contribution is 5.67. The molecule has 0 aliphatic carbocycles. The number of ether oxygens (including phenoxy) is 1. The fourth-order valence-electron chi connectivity index (χ4n) is 3.48. The molecule has 0 fully saturated rings. The fraction of sp³-hybridized carbons (Fsp3) is 0.654. The van der Waals surface area contributed by atoms with E-state index in [0.717, 1.165) is 25.1 Å². The molecule has 178 valence electrons. The van der Waals surface area contributed by atoms with Gasteiger partial charge in [0.1, 0.15) is 5.60 Å². The minimum Gasteiger partial charge on any atom is -0.444 e. The van der Waals surface area contributed by atoms with E-state index in [1.54, 1.807) is 0 Å². The minimum absolute atomic E-state index is 0.401. The maximum atomic E-state index is 11.6. The van der Waals surface area contributed by atoms with Crippen molar-refractivity contribution in [3.05, 3.63) is 47.1 Å². The molecule has 1 amide bonds. The summed E-state index contributed by atoms with van der Waals surface area (Å²) in [7, 11) is 0. The van der Waals surface area contributed by atoms with E-state index in [1.165, 1.54) is 56.1 Å². The summed E-state index contributed by atoms with van der Waals surface area (Å²) in [5, 5.41) is 6.82. The molecule has 32 heavy (non-hydrogen) atoms. The highest BCUT2D eigenvalue weighted by Gasteiger charge is 2.15. The van der Waals surface area contributed by atoms with Gasteiger partial charge in [-0.2, -0.15) is 4.98 Å². The van der Waals surface area contributed by atoms with Crippen LogP contribution in [0.2, 0.25) is 0 Å². The van der Waals surface area contributed by atoms with Gasteiger partial charge in [0.25, 0.3) is 0 Å². The Kier molecular flexibility index (Phi) is 11.3. The molecule has 6 nitrogen and oxygen atoms in total. The third kappa shape index (κ3) is 11.3. The number of unbranched alkanes of at least 4 members (excludes halogenated alkanes) is 5. The smallest absolute Gasteiger partial charge is 0.407 e. The van der Waals surface area contributed by atoms with Crippen LogP contribution in [0.5, 0.6) is 0 Å². The lowest BCUT2D eigenvalue weighted by molar-refractivity contribution is 0.0527. The Balaban J connectivity index is 1.62. The quantitative estimate of drug-likeness (QED) is 0.351. The Labute approximate surface area is 193 Å². The van der Waals surface area contributed by atoms with E-state index in [0.29, 0.717) is 18.9 Å². The van der Waals surface area contributed by atoms with Gasteiger partial charge < -0.3 is 14.6 Å². The van der Waals surface area contributed by atoms with Gasteiger partial charge in [0.15, 0.2) is 5.82 Å². The summed E-state index contributed by atoms with van der Waals surface area (Å²) in [6.45, 7) is 8.30. The van der Waals surface area contributed by atoms with Crippen molar-refractivity contribution in [1.29, 1.82) is 0 Å². The monoisotopic (exact) mass is 443 g/mol. The molecule has 0 aliphatic rings. The van der Waals surface area contributed by atoms with Crippen molar-refractivity contribution >= 4 is 6.09 Å². The van der Waals surface area contributed by atoms with Gasteiger partial charge in [-0.1, -0.05) is 68.4 Å². The lowest BCUT2D eigenvalue weighted by Crippen LogP contribution is -2.33. The van der Waals surface area contributed by atoms with Crippen LogP contribution in [0, 0.1) is 0 Å². The third-order valence-electron chi connectivity index (χ3n) is 5.23. The van der Waals surface area contributed by atoms with Crippen molar-refractivity contribution in [3.63, 3.8) is 0 Å². The van der Waals surface area contributed by atoms with Crippen LogP contribution in [-0.4, -0.2) is 28.4 Å². The summed E-state index contributed by atoms with van der Waals surface area (Å²) in [5.41, 5.74) is 2.23. The molecule has 2 rings (SSSR count). The molecule has 0 bridgehead atoms. The van der Waals surface area contributed by atoms with Gasteiger partial charge in [-0.15, -0.1) is 0 Å². The van der Waals surface area contributed by atoms with Crippen LogP contribution < -0.4 is 5.32 Å². The molecule has 0 aliphatic heterocycles. The summed E-state index contributed by atoms with van der Waals surface area (Å²) < 4.78 is 10.5. The first kappa shape index (κ1) is 25.9. The number of carbonyl (C=O) groups is 1. The van der Waals surface area contributed by atoms with Crippen molar-refractivity contribution in [2.45, 2.75) is 104 Å². The highest BCUT2D eigenvalue weighted by atomic mass is 16.6. The van der Waals surface area contributed by atoms with Crippen molar-refractivity contribution in [2.75, 3.05) is 6.54 Å². The number of nitrogens with one attached hydrogen (secondary N) is 1. The van der Waals surface area contributed by atoms with Crippen molar-refractivity contribution in [3.8, 4) is 0 Å². The maximum Gasteiger partial charge on any atom is 0.407 e. The molecule has 1 N–H and O–H groups in total. The number of aromatic nitrogens is 2. The number of aryl methyl sites for hydroxylation is 4. The third-order valence-corrected chi connectivity index (χ3v) is 5.23. The number of rotatable bonds is 14. The summed E-state index contributed by atoms with van der Waals surface area (Å²) in [5.74, 6) is 1.34. The number of nitrogens with zero attached hydrogens (tertiary/aromatic N) is 2.